The summed E-state index contributed by atoms with van der Waals surface area (Å²) in [7, 11) is 0. The number of rotatable bonds is 4. The van der Waals surface area contributed by atoms with Gasteiger partial charge in [-0.1, -0.05) is 29.8 Å². The standard InChI is InChI=1S/C15H16ClN3OS2/c16-14-13(17-8-12-10-21-6-7-22-12)9-18-19(15(14)20)11-4-2-1-3-5-11/h1-5,9,12,17H,6-8,10H2. The van der Waals surface area contributed by atoms with Gasteiger partial charge in [-0.3, -0.25) is 4.79 Å². The van der Waals surface area contributed by atoms with E-state index in [0.717, 1.165) is 12.3 Å². The maximum Gasteiger partial charge on any atom is 0.292 e. The Balaban J connectivity index is 1.76. The van der Waals surface area contributed by atoms with E-state index < -0.39 is 0 Å². The number of nitrogens with one attached hydrogen (secondary N) is 1. The molecule has 1 aromatic heterocycles. The molecule has 1 atom stereocenters. The third-order valence-corrected chi connectivity index (χ3v) is 6.53. The first-order valence-electron chi connectivity index (χ1n) is 7.02. The van der Waals surface area contributed by atoms with Crippen LogP contribution < -0.4 is 10.9 Å². The molecule has 2 heterocycles. The number of benzene rings is 1. The zero-order chi connectivity index (χ0) is 15.4. The molecule has 1 aromatic carbocycles. The summed E-state index contributed by atoms with van der Waals surface area (Å²) in [5, 5.41) is 8.21. The van der Waals surface area contributed by atoms with Gasteiger partial charge in [0.15, 0.2) is 0 Å². The average molecular weight is 354 g/mol. The van der Waals surface area contributed by atoms with Crippen molar-refractivity contribution in [2.24, 2.45) is 0 Å². The molecule has 0 amide bonds. The number of aromatic nitrogens is 2. The van der Waals surface area contributed by atoms with Gasteiger partial charge in [0.1, 0.15) is 5.02 Å². The molecular formula is C15H16ClN3OS2. The molecule has 1 aliphatic heterocycles. The quantitative estimate of drug-likeness (QED) is 0.914. The molecule has 22 heavy (non-hydrogen) atoms. The fourth-order valence-corrected chi connectivity index (χ4v) is 4.99. The van der Waals surface area contributed by atoms with E-state index in [1.807, 2.05) is 53.9 Å². The predicted octanol–water partition coefficient (Wildman–Crippen LogP) is 3.15. The van der Waals surface area contributed by atoms with Crippen LogP contribution in [0.3, 0.4) is 0 Å². The number of hydrogen-bond acceptors (Lipinski definition) is 5. The zero-order valence-corrected chi connectivity index (χ0v) is 14.3. The molecule has 0 spiro atoms. The molecule has 0 saturated carbocycles. The summed E-state index contributed by atoms with van der Waals surface area (Å²) in [6.45, 7) is 0.799. The molecule has 0 radical (unpaired) electrons. The van der Waals surface area contributed by atoms with Gasteiger partial charge >= 0.3 is 0 Å². The second-order valence-corrected chi connectivity index (χ2v) is 7.81. The van der Waals surface area contributed by atoms with Crippen LogP contribution in [0.1, 0.15) is 0 Å². The van der Waals surface area contributed by atoms with Crippen molar-refractivity contribution in [2.75, 3.05) is 29.1 Å². The first kappa shape index (κ1) is 15.8. The molecule has 1 unspecified atom stereocenters. The Bertz CT molecular complexity index is 687. The van der Waals surface area contributed by atoms with E-state index in [4.69, 9.17) is 11.6 Å². The third kappa shape index (κ3) is 3.62. The molecule has 7 heteroatoms. The van der Waals surface area contributed by atoms with Crippen molar-refractivity contribution in [1.29, 1.82) is 0 Å². The molecule has 1 aliphatic rings. The summed E-state index contributed by atoms with van der Waals surface area (Å²) < 4.78 is 1.32. The smallest absolute Gasteiger partial charge is 0.292 e. The number of nitrogens with zero attached hydrogens (tertiary/aromatic N) is 2. The van der Waals surface area contributed by atoms with Crippen LogP contribution in [-0.4, -0.2) is 38.8 Å². The van der Waals surface area contributed by atoms with Gasteiger partial charge in [-0.2, -0.15) is 33.3 Å². The number of halogens is 1. The Morgan fingerprint density at radius 1 is 1.32 bits per heavy atom. The Kier molecular flexibility index (Phi) is 5.33. The maximum atomic E-state index is 12.4. The molecular weight excluding hydrogens is 338 g/mol. The normalized spacial score (nSPS) is 18.1. The maximum absolute atomic E-state index is 12.4. The van der Waals surface area contributed by atoms with Gasteiger partial charge in [0.05, 0.1) is 17.6 Å². The molecule has 4 nitrogen and oxygen atoms in total. The Morgan fingerprint density at radius 3 is 2.86 bits per heavy atom. The van der Waals surface area contributed by atoms with Crippen molar-refractivity contribution in [3.05, 3.63) is 51.9 Å². The molecule has 0 bridgehead atoms. The van der Waals surface area contributed by atoms with E-state index in [1.54, 1.807) is 6.20 Å². The molecule has 116 valence electrons. The number of thioether (sulfide) groups is 2. The van der Waals surface area contributed by atoms with Gasteiger partial charge < -0.3 is 5.32 Å². The lowest BCUT2D eigenvalue weighted by Gasteiger charge is -2.21. The lowest BCUT2D eigenvalue weighted by atomic mass is 10.3. The first-order chi connectivity index (χ1) is 10.8. The van der Waals surface area contributed by atoms with Crippen LogP contribution in [0.4, 0.5) is 5.69 Å². The highest BCUT2D eigenvalue weighted by atomic mass is 35.5. The second kappa shape index (κ2) is 7.44. The van der Waals surface area contributed by atoms with E-state index in [2.05, 4.69) is 10.4 Å². The van der Waals surface area contributed by atoms with Gasteiger partial charge in [-0.25, -0.2) is 0 Å². The summed E-state index contributed by atoms with van der Waals surface area (Å²) in [6, 6.07) is 9.27. The van der Waals surface area contributed by atoms with Crippen LogP contribution in [-0.2, 0) is 0 Å². The summed E-state index contributed by atoms with van der Waals surface area (Å²) >= 11 is 10.2. The van der Waals surface area contributed by atoms with Gasteiger partial charge in [0.2, 0.25) is 0 Å². The molecule has 1 saturated heterocycles. The monoisotopic (exact) mass is 353 g/mol. The minimum absolute atomic E-state index is 0.187. The number of para-hydroxylation sites is 1. The van der Waals surface area contributed by atoms with Crippen molar-refractivity contribution >= 4 is 40.8 Å². The predicted molar refractivity (Wildman–Crippen MR) is 96.9 cm³/mol. The SMILES string of the molecule is O=c1c(Cl)c(NCC2CSCCS2)cnn1-c1ccccc1. The van der Waals surface area contributed by atoms with Crippen molar-refractivity contribution in [1.82, 2.24) is 9.78 Å². The minimum Gasteiger partial charge on any atom is -0.381 e. The molecule has 3 rings (SSSR count). The first-order valence-corrected chi connectivity index (χ1v) is 9.60. The summed E-state index contributed by atoms with van der Waals surface area (Å²) in [5.41, 5.74) is 1.01. The van der Waals surface area contributed by atoms with Gasteiger partial charge in [-0.15, -0.1) is 0 Å². The lowest BCUT2D eigenvalue weighted by Crippen LogP contribution is -2.26. The summed E-state index contributed by atoms with van der Waals surface area (Å²) in [4.78, 5) is 12.4. The fraction of sp³-hybridized carbons (Fsp3) is 0.333. The van der Waals surface area contributed by atoms with Crippen LogP contribution in [0.25, 0.3) is 5.69 Å². The van der Waals surface area contributed by atoms with Crippen LogP contribution in [0.5, 0.6) is 0 Å². The highest BCUT2D eigenvalue weighted by Gasteiger charge is 2.16. The van der Waals surface area contributed by atoms with E-state index in [9.17, 15) is 4.79 Å². The minimum atomic E-state index is -0.302. The van der Waals surface area contributed by atoms with Crippen molar-refractivity contribution in [3.8, 4) is 5.69 Å². The average Bonchev–Trinajstić information content (AvgIpc) is 2.58. The zero-order valence-electron chi connectivity index (χ0n) is 11.9. The number of hydrogen-bond donors (Lipinski definition) is 1. The largest absolute Gasteiger partial charge is 0.381 e. The van der Waals surface area contributed by atoms with Crippen molar-refractivity contribution in [2.45, 2.75) is 5.25 Å². The highest BCUT2D eigenvalue weighted by Crippen LogP contribution is 2.25. The summed E-state index contributed by atoms with van der Waals surface area (Å²) in [6.07, 6.45) is 1.62. The van der Waals surface area contributed by atoms with Gasteiger partial charge in [0.25, 0.3) is 5.56 Å². The van der Waals surface area contributed by atoms with Crippen LogP contribution >= 0.6 is 35.1 Å². The van der Waals surface area contributed by atoms with E-state index in [0.29, 0.717) is 16.6 Å². The Morgan fingerprint density at radius 2 is 2.14 bits per heavy atom. The van der Waals surface area contributed by atoms with E-state index in [-0.39, 0.29) is 10.6 Å². The van der Waals surface area contributed by atoms with Gasteiger partial charge in [0, 0.05) is 29.1 Å². The number of anilines is 1. The molecule has 0 aliphatic carbocycles. The molecule has 1 fully saturated rings. The van der Waals surface area contributed by atoms with Crippen LogP contribution in [0.15, 0.2) is 41.3 Å². The Labute approximate surface area is 142 Å². The topological polar surface area (TPSA) is 46.9 Å². The third-order valence-electron chi connectivity index (χ3n) is 3.32. The van der Waals surface area contributed by atoms with Gasteiger partial charge in [-0.05, 0) is 12.1 Å². The highest BCUT2D eigenvalue weighted by molar-refractivity contribution is 8.06. The van der Waals surface area contributed by atoms with Crippen LogP contribution in [0, 0.1) is 0 Å². The molecule has 2 aromatic rings. The van der Waals surface area contributed by atoms with Crippen LogP contribution in [0.2, 0.25) is 5.02 Å². The van der Waals surface area contributed by atoms with Crippen molar-refractivity contribution in [3.63, 3.8) is 0 Å². The van der Waals surface area contributed by atoms with E-state index in [1.165, 1.54) is 16.2 Å². The Hall–Kier alpha value is -1.11. The summed E-state index contributed by atoms with van der Waals surface area (Å²) in [5.74, 6) is 3.53. The second-order valence-electron chi connectivity index (χ2n) is 4.87. The van der Waals surface area contributed by atoms with E-state index >= 15 is 0 Å². The van der Waals surface area contributed by atoms with Crippen molar-refractivity contribution < 1.29 is 0 Å². The molecule has 1 N–H and O–H groups in total. The lowest BCUT2D eigenvalue weighted by molar-refractivity contribution is 0.806. The fourth-order valence-electron chi connectivity index (χ4n) is 2.19.